The fraction of sp³-hybridized carbons (Fsp3) is 0.632. The highest BCUT2D eigenvalue weighted by Gasteiger charge is 2.03. The zero-order valence-corrected chi connectivity index (χ0v) is 13.4. The molecule has 2 nitrogen and oxygen atoms in total. The number of hydrogen-bond acceptors (Lipinski definition) is 2. The Morgan fingerprint density at radius 1 is 0.905 bits per heavy atom. The van der Waals surface area contributed by atoms with E-state index in [0.717, 1.165) is 30.3 Å². The Hall–Kier alpha value is -1.15. The smallest absolute Gasteiger partial charge is 0.150 e. The highest BCUT2D eigenvalue weighted by Crippen LogP contribution is 2.16. The number of rotatable bonds is 12. The lowest BCUT2D eigenvalue weighted by molar-refractivity contribution is 0.112. The molecule has 0 aromatic heterocycles. The predicted molar refractivity (Wildman–Crippen MR) is 88.9 cm³/mol. The summed E-state index contributed by atoms with van der Waals surface area (Å²) >= 11 is 0. The molecule has 0 saturated heterocycles. The van der Waals surface area contributed by atoms with Crippen LogP contribution in [0.2, 0.25) is 0 Å². The van der Waals surface area contributed by atoms with E-state index in [9.17, 15) is 4.79 Å². The van der Waals surface area contributed by atoms with Gasteiger partial charge in [0.2, 0.25) is 0 Å². The molecule has 0 heterocycles. The molecular weight excluding hydrogens is 260 g/mol. The Balaban J connectivity index is 2.07. The van der Waals surface area contributed by atoms with Crippen LogP contribution in [-0.4, -0.2) is 18.0 Å². The number of hydrogen-bond donors (Lipinski definition) is 1. The second kappa shape index (κ2) is 11.5. The third-order valence-electron chi connectivity index (χ3n) is 4.14. The topological polar surface area (TPSA) is 37.3 Å². The molecule has 0 aliphatic carbocycles. The van der Waals surface area contributed by atoms with Crippen LogP contribution in [0.3, 0.4) is 0 Å². The quantitative estimate of drug-likeness (QED) is 0.441. The molecule has 1 rings (SSSR count). The van der Waals surface area contributed by atoms with Crippen LogP contribution in [0.5, 0.6) is 0 Å². The van der Waals surface area contributed by atoms with E-state index >= 15 is 0 Å². The number of aryl methyl sites for hydroxylation is 2. The van der Waals surface area contributed by atoms with E-state index in [2.05, 4.69) is 6.07 Å². The van der Waals surface area contributed by atoms with E-state index in [-0.39, 0.29) is 0 Å². The first-order valence-corrected chi connectivity index (χ1v) is 8.44. The Morgan fingerprint density at radius 2 is 1.48 bits per heavy atom. The first kappa shape index (κ1) is 17.9. The van der Waals surface area contributed by atoms with Crippen LogP contribution in [0.1, 0.15) is 79.3 Å². The fourth-order valence-electron chi connectivity index (χ4n) is 2.79. The molecule has 2 heteroatoms. The van der Waals surface area contributed by atoms with E-state index in [1.165, 1.54) is 56.9 Å². The molecule has 0 radical (unpaired) electrons. The van der Waals surface area contributed by atoms with Crippen LogP contribution in [0.4, 0.5) is 0 Å². The number of carbonyl (C=O) groups is 1. The predicted octanol–water partition coefficient (Wildman–Crippen LogP) is 4.85. The maximum Gasteiger partial charge on any atom is 0.150 e. The van der Waals surface area contributed by atoms with Crippen molar-refractivity contribution in [2.45, 2.75) is 71.1 Å². The van der Waals surface area contributed by atoms with Gasteiger partial charge in [-0.25, -0.2) is 0 Å². The van der Waals surface area contributed by atoms with Gasteiger partial charge in [-0.05, 0) is 37.3 Å². The molecule has 0 saturated carbocycles. The summed E-state index contributed by atoms with van der Waals surface area (Å²) in [6.45, 7) is 2.34. The van der Waals surface area contributed by atoms with E-state index in [4.69, 9.17) is 5.11 Å². The van der Waals surface area contributed by atoms with Gasteiger partial charge in [-0.2, -0.15) is 0 Å². The Bertz CT molecular complexity index is 399. The van der Waals surface area contributed by atoms with Crippen molar-refractivity contribution in [2.75, 3.05) is 6.61 Å². The van der Waals surface area contributed by atoms with Gasteiger partial charge < -0.3 is 5.11 Å². The Kier molecular flexibility index (Phi) is 9.81. The first-order valence-electron chi connectivity index (χ1n) is 8.44. The normalized spacial score (nSPS) is 10.8. The molecule has 21 heavy (non-hydrogen) atoms. The molecule has 1 aromatic carbocycles. The summed E-state index contributed by atoms with van der Waals surface area (Å²) in [6.07, 6.45) is 13.0. The Morgan fingerprint density at radius 3 is 2.05 bits per heavy atom. The minimum Gasteiger partial charge on any atom is -0.396 e. The molecule has 0 aliphatic rings. The van der Waals surface area contributed by atoms with Gasteiger partial charge in [-0.1, -0.05) is 63.1 Å². The largest absolute Gasteiger partial charge is 0.396 e. The number of aliphatic hydroxyl groups excluding tert-OH is 1. The summed E-state index contributed by atoms with van der Waals surface area (Å²) in [5.74, 6) is 0. The van der Waals surface area contributed by atoms with E-state index in [1.807, 2.05) is 19.1 Å². The van der Waals surface area contributed by atoms with Crippen molar-refractivity contribution in [1.29, 1.82) is 0 Å². The van der Waals surface area contributed by atoms with Gasteiger partial charge in [0.15, 0.2) is 6.29 Å². The summed E-state index contributed by atoms with van der Waals surface area (Å²) < 4.78 is 0. The third-order valence-corrected chi connectivity index (χ3v) is 4.14. The minimum absolute atomic E-state index is 0.335. The summed E-state index contributed by atoms with van der Waals surface area (Å²) in [5.41, 5.74) is 3.18. The number of carbonyl (C=O) groups excluding carboxylic acids is 1. The van der Waals surface area contributed by atoms with Gasteiger partial charge in [0, 0.05) is 12.2 Å². The van der Waals surface area contributed by atoms with Crippen LogP contribution in [0, 0.1) is 6.92 Å². The molecule has 0 bridgehead atoms. The van der Waals surface area contributed by atoms with Crippen LogP contribution in [0.25, 0.3) is 0 Å². The van der Waals surface area contributed by atoms with E-state index in [0.29, 0.717) is 6.61 Å². The first-order chi connectivity index (χ1) is 10.3. The molecule has 0 atom stereocenters. The maximum absolute atomic E-state index is 11.1. The van der Waals surface area contributed by atoms with Crippen molar-refractivity contribution in [3.05, 3.63) is 34.9 Å². The second-order valence-corrected chi connectivity index (χ2v) is 5.92. The summed E-state index contributed by atoms with van der Waals surface area (Å²) in [4.78, 5) is 11.1. The highest BCUT2D eigenvalue weighted by atomic mass is 16.2. The van der Waals surface area contributed by atoms with Crippen LogP contribution in [0.15, 0.2) is 18.2 Å². The molecule has 0 amide bonds. The van der Waals surface area contributed by atoms with Gasteiger partial charge in [-0.3, -0.25) is 4.79 Å². The maximum atomic E-state index is 11.1. The number of aldehydes is 1. The summed E-state index contributed by atoms with van der Waals surface area (Å²) in [5, 5.41) is 8.69. The summed E-state index contributed by atoms with van der Waals surface area (Å²) in [6, 6.07) is 6.13. The molecule has 0 aliphatic heterocycles. The third kappa shape index (κ3) is 7.42. The van der Waals surface area contributed by atoms with Gasteiger partial charge in [0.1, 0.15) is 0 Å². The molecular formula is C19H30O2. The molecule has 1 aromatic rings. The monoisotopic (exact) mass is 290 g/mol. The Labute approximate surface area is 129 Å². The highest BCUT2D eigenvalue weighted by molar-refractivity contribution is 5.79. The number of unbranched alkanes of at least 4 members (excludes halogenated alkanes) is 8. The lowest BCUT2D eigenvalue weighted by Crippen LogP contribution is -1.96. The van der Waals surface area contributed by atoms with Crippen molar-refractivity contribution in [3.63, 3.8) is 0 Å². The average molecular weight is 290 g/mol. The standard InChI is InChI=1S/C19H30O2/c1-17-12-11-14-18(19(17)16-21)13-9-7-5-3-2-4-6-8-10-15-20/h11-12,14,16,20H,2-10,13,15H2,1H3. The van der Waals surface area contributed by atoms with Gasteiger partial charge >= 0.3 is 0 Å². The molecule has 1 N–H and O–H groups in total. The number of aliphatic hydroxyl groups is 1. The summed E-state index contributed by atoms with van der Waals surface area (Å²) in [7, 11) is 0. The zero-order valence-electron chi connectivity index (χ0n) is 13.4. The van der Waals surface area contributed by atoms with E-state index in [1.54, 1.807) is 0 Å². The molecule has 0 fully saturated rings. The fourth-order valence-corrected chi connectivity index (χ4v) is 2.79. The average Bonchev–Trinajstić information content (AvgIpc) is 2.49. The lowest BCUT2D eigenvalue weighted by atomic mass is 9.97. The van der Waals surface area contributed by atoms with Crippen molar-refractivity contribution < 1.29 is 9.90 Å². The van der Waals surface area contributed by atoms with Gasteiger partial charge in [-0.15, -0.1) is 0 Å². The van der Waals surface area contributed by atoms with Gasteiger partial charge in [0.05, 0.1) is 0 Å². The number of benzene rings is 1. The van der Waals surface area contributed by atoms with E-state index < -0.39 is 0 Å². The van der Waals surface area contributed by atoms with Crippen molar-refractivity contribution >= 4 is 6.29 Å². The van der Waals surface area contributed by atoms with Crippen molar-refractivity contribution in [3.8, 4) is 0 Å². The van der Waals surface area contributed by atoms with Crippen LogP contribution >= 0.6 is 0 Å². The van der Waals surface area contributed by atoms with Crippen LogP contribution in [-0.2, 0) is 6.42 Å². The minimum atomic E-state index is 0.335. The molecule has 0 spiro atoms. The second-order valence-electron chi connectivity index (χ2n) is 5.92. The van der Waals surface area contributed by atoms with Gasteiger partial charge in [0.25, 0.3) is 0 Å². The molecule has 0 unspecified atom stereocenters. The molecule has 118 valence electrons. The van der Waals surface area contributed by atoms with Crippen molar-refractivity contribution in [1.82, 2.24) is 0 Å². The lowest BCUT2D eigenvalue weighted by Gasteiger charge is -2.07. The zero-order chi connectivity index (χ0) is 15.3. The van der Waals surface area contributed by atoms with Crippen LogP contribution < -0.4 is 0 Å². The SMILES string of the molecule is Cc1cccc(CCCCCCCCCCCO)c1C=O. The van der Waals surface area contributed by atoms with Crippen molar-refractivity contribution in [2.24, 2.45) is 0 Å².